The summed E-state index contributed by atoms with van der Waals surface area (Å²) in [5, 5.41) is 24.4. The highest BCUT2D eigenvalue weighted by atomic mass is 35.5. The highest BCUT2D eigenvalue weighted by Crippen LogP contribution is 2.27. The minimum Gasteiger partial charge on any atom is -0.450 e. The minimum atomic E-state index is -1.83. The third-order valence-electron chi connectivity index (χ3n) is 2.51. The average molecular weight is 342 g/mol. The maximum absolute atomic E-state index is 13.3. The van der Waals surface area contributed by atoms with Crippen LogP contribution in [0.5, 0.6) is 0 Å². The second-order valence-electron chi connectivity index (χ2n) is 4.02. The number of hydrogen-bond donors (Lipinski definition) is 2. The number of rotatable bonds is 3. The highest BCUT2D eigenvalue weighted by Gasteiger charge is 2.21. The van der Waals surface area contributed by atoms with Gasteiger partial charge in [0.1, 0.15) is 0 Å². The molecule has 7 nitrogen and oxygen atoms in total. The van der Waals surface area contributed by atoms with Crippen LogP contribution in [0.4, 0.5) is 14.9 Å². The first-order chi connectivity index (χ1) is 10.7. The van der Waals surface area contributed by atoms with Gasteiger partial charge in [0.05, 0.1) is 9.95 Å². The van der Waals surface area contributed by atoms with Gasteiger partial charge in [0.15, 0.2) is 5.78 Å². The Labute approximate surface area is 133 Å². The van der Waals surface area contributed by atoms with Crippen molar-refractivity contribution < 1.29 is 29.1 Å². The Morgan fingerprint density at radius 1 is 1.13 bits per heavy atom. The van der Waals surface area contributed by atoms with E-state index in [1.165, 1.54) is 0 Å². The minimum absolute atomic E-state index is 0.0963. The van der Waals surface area contributed by atoms with Crippen LogP contribution in [0.25, 0.3) is 0 Å². The van der Waals surface area contributed by atoms with E-state index in [-0.39, 0.29) is 10.6 Å². The Kier molecular flexibility index (Phi) is 6.16. The van der Waals surface area contributed by atoms with Gasteiger partial charge >= 0.3 is 11.8 Å². The van der Waals surface area contributed by atoms with Crippen LogP contribution in [-0.4, -0.2) is 27.1 Å². The first-order valence-electron chi connectivity index (χ1n) is 5.89. The van der Waals surface area contributed by atoms with Gasteiger partial charge in [-0.05, 0) is 0 Å². The molecule has 0 fully saturated rings. The molecule has 2 rings (SSSR count). The zero-order valence-corrected chi connectivity index (χ0v) is 12.0. The summed E-state index contributed by atoms with van der Waals surface area (Å²) in [6.07, 6.45) is -1.83. The molecule has 0 spiro atoms. The first kappa shape index (κ1) is 18.1. The molecule has 9 heteroatoms. The first-order valence-corrected chi connectivity index (χ1v) is 6.27. The van der Waals surface area contributed by atoms with Gasteiger partial charge in [-0.1, -0.05) is 41.9 Å². The molecule has 0 saturated carbocycles. The van der Waals surface area contributed by atoms with Crippen molar-refractivity contribution in [3.63, 3.8) is 0 Å². The Morgan fingerprint density at radius 3 is 2.13 bits per heavy atom. The van der Waals surface area contributed by atoms with Gasteiger partial charge in [-0.15, -0.1) is 0 Å². The second-order valence-corrected chi connectivity index (χ2v) is 4.43. The lowest BCUT2D eigenvalue weighted by Crippen LogP contribution is -2.04. The van der Waals surface area contributed by atoms with Crippen molar-refractivity contribution in [1.29, 1.82) is 0 Å². The fourth-order valence-electron chi connectivity index (χ4n) is 1.60. The lowest BCUT2D eigenvalue weighted by Gasteiger charge is -2.04. The van der Waals surface area contributed by atoms with Gasteiger partial charge in [-0.2, -0.15) is 4.39 Å². The molecule has 120 valence electrons. The number of nitro benzene ring substituents is 1. The van der Waals surface area contributed by atoms with Crippen molar-refractivity contribution in [1.82, 2.24) is 0 Å². The SMILES string of the molecule is O=C(O)O.O=C(c1ccccc1)c1cc([N+](=O)[O-])c(F)cc1Cl. The summed E-state index contributed by atoms with van der Waals surface area (Å²) < 4.78 is 13.3. The fourth-order valence-corrected chi connectivity index (χ4v) is 1.83. The summed E-state index contributed by atoms with van der Waals surface area (Å²) >= 11 is 5.77. The third-order valence-corrected chi connectivity index (χ3v) is 2.83. The molecule has 0 aliphatic carbocycles. The van der Waals surface area contributed by atoms with E-state index in [1.54, 1.807) is 30.3 Å². The summed E-state index contributed by atoms with van der Waals surface area (Å²) in [6.45, 7) is 0. The van der Waals surface area contributed by atoms with E-state index < -0.39 is 28.4 Å². The highest BCUT2D eigenvalue weighted by molar-refractivity contribution is 6.35. The van der Waals surface area contributed by atoms with Crippen LogP contribution in [0.1, 0.15) is 15.9 Å². The van der Waals surface area contributed by atoms with Crippen molar-refractivity contribution >= 4 is 29.2 Å². The van der Waals surface area contributed by atoms with E-state index in [4.69, 9.17) is 26.6 Å². The van der Waals surface area contributed by atoms with E-state index in [9.17, 15) is 19.3 Å². The van der Waals surface area contributed by atoms with Crippen molar-refractivity contribution in [2.45, 2.75) is 0 Å². The van der Waals surface area contributed by atoms with Crippen molar-refractivity contribution in [3.8, 4) is 0 Å². The monoisotopic (exact) mass is 341 g/mol. The molecule has 0 saturated heterocycles. The zero-order chi connectivity index (χ0) is 17.6. The standard InChI is InChI=1S/C13H7ClFNO3.CH2O3/c14-10-7-11(15)12(16(18)19)6-9(10)13(17)8-4-2-1-3-5-8;2-1(3)4/h1-7H;(H2,2,3,4). The number of halogens is 2. The maximum atomic E-state index is 13.3. The number of carbonyl (C=O) groups is 2. The molecule has 2 aromatic rings. The number of nitrogens with zero attached hydrogens (tertiary/aromatic N) is 1. The number of carboxylic acid groups (broad SMARTS) is 2. The average Bonchev–Trinajstić information content (AvgIpc) is 2.46. The molecule has 2 aromatic carbocycles. The molecule has 0 amide bonds. The molecule has 0 heterocycles. The van der Waals surface area contributed by atoms with Crippen LogP contribution in [0.2, 0.25) is 5.02 Å². The van der Waals surface area contributed by atoms with Gasteiger partial charge in [-0.25, -0.2) is 4.79 Å². The van der Waals surface area contributed by atoms with Crippen molar-refractivity contribution in [3.05, 3.63) is 74.5 Å². The molecule has 0 aliphatic rings. The smallest absolute Gasteiger partial charge is 0.450 e. The van der Waals surface area contributed by atoms with Crippen LogP contribution in [0.15, 0.2) is 42.5 Å². The van der Waals surface area contributed by atoms with Gasteiger partial charge in [0.25, 0.3) is 0 Å². The Hall–Kier alpha value is -3.00. The molecule has 0 radical (unpaired) electrons. The molecular formula is C14H9ClFNO6. The number of nitro groups is 1. The third kappa shape index (κ3) is 5.04. The molecular weight excluding hydrogens is 333 g/mol. The molecule has 0 aromatic heterocycles. The number of hydrogen-bond acceptors (Lipinski definition) is 4. The Balaban J connectivity index is 0.000000593. The molecule has 2 N–H and O–H groups in total. The number of benzene rings is 2. The van der Waals surface area contributed by atoms with Crippen LogP contribution >= 0.6 is 11.6 Å². The zero-order valence-electron chi connectivity index (χ0n) is 11.3. The largest absolute Gasteiger partial charge is 0.503 e. The maximum Gasteiger partial charge on any atom is 0.503 e. The van der Waals surface area contributed by atoms with Crippen LogP contribution in [-0.2, 0) is 0 Å². The predicted molar refractivity (Wildman–Crippen MR) is 78.6 cm³/mol. The topological polar surface area (TPSA) is 118 Å². The summed E-state index contributed by atoms with van der Waals surface area (Å²) in [5.74, 6) is -1.56. The molecule has 23 heavy (non-hydrogen) atoms. The van der Waals surface area contributed by atoms with Gasteiger partial charge < -0.3 is 10.2 Å². The fraction of sp³-hybridized carbons (Fsp3) is 0. The second kappa shape index (κ2) is 7.85. The normalized spacial score (nSPS) is 9.48. The van der Waals surface area contributed by atoms with Crippen LogP contribution in [0, 0.1) is 15.9 Å². The van der Waals surface area contributed by atoms with Gasteiger partial charge in [-0.3, -0.25) is 14.9 Å². The van der Waals surface area contributed by atoms with Crippen LogP contribution < -0.4 is 0 Å². The summed E-state index contributed by atoms with van der Waals surface area (Å²) in [6, 6.07) is 9.76. The molecule has 0 aliphatic heterocycles. The predicted octanol–water partition coefficient (Wildman–Crippen LogP) is 3.84. The Bertz CT molecular complexity index is 746. The molecule has 0 unspecified atom stereocenters. The Morgan fingerprint density at radius 2 is 1.65 bits per heavy atom. The van der Waals surface area contributed by atoms with E-state index in [0.717, 1.165) is 12.1 Å². The number of ketones is 1. The van der Waals surface area contributed by atoms with Crippen molar-refractivity contribution in [2.24, 2.45) is 0 Å². The van der Waals surface area contributed by atoms with Gasteiger partial charge in [0.2, 0.25) is 5.82 Å². The summed E-state index contributed by atoms with van der Waals surface area (Å²) in [7, 11) is 0. The number of carbonyl (C=O) groups excluding carboxylic acids is 1. The van der Waals surface area contributed by atoms with Crippen LogP contribution in [0.3, 0.4) is 0 Å². The van der Waals surface area contributed by atoms with E-state index >= 15 is 0 Å². The van der Waals surface area contributed by atoms with E-state index in [0.29, 0.717) is 5.56 Å². The van der Waals surface area contributed by atoms with Crippen molar-refractivity contribution in [2.75, 3.05) is 0 Å². The van der Waals surface area contributed by atoms with E-state index in [1.807, 2.05) is 0 Å². The lowest BCUT2D eigenvalue weighted by atomic mass is 10.0. The summed E-state index contributed by atoms with van der Waals surface area (Å²) in [4.78, 5) is 30.4. The molecule has 0 atom stereocenters. The van der Waals surface area contributed by atoms with E-state index in [2.05, 4.69) is 0 Å². The quantitative estimate of drug-likeness (QED) is 0.497. The lowest BCUT2D eigenvalue weighted by molar-refractivity contribution is -0.387. The van der Waals surface area contributed by atoms with Gasteiger partial charge in [0, 0.05) is 23.3 Å². The summed E-state index contributed by atoms with van der Waals surface area (Å²) in [5.41, 5.74) is -0.546. The molecule has 0 bridgehead atoms.